The first-order valence-corrected chi connectivity index (χ1v) is 12.1. The van der Waals surface area contributed by atoms with Gasteiger partial charge in [-0.25, -0.2) is 4.98 Å². The summed E-state index contributed by atoms with van der Waals surface area (Å²) >= 11 is 5.92. The number of para-hydroxylation sites is 1. The average Bonchev–Trinajstić information content (AvgIpc) is 2.89. The molecule has 1 saturated heterocycles. The summed E-state index contributed by atoms with van der Waals surface area (Å²) in [7, 11) is 1.69. The normalized spacial score (nSPS) is 15.9. The monoisotopic (exact) mass is 478 g/mol. The Morgan fingerprint density at radius 2 is 1.91 bits per heavy atom. The molecule has 2 unspecified atom stereocenters. The van der Waals surface area contributed by atoms with E-state index in [-0.39, 0.29) is 17.9 Å². The van der Waals surface area contributed by atoms with E-state index >= 15 is 0 Å². The van der Waals surface area contributed by atoms with Crippen molar-refractivity contribution in [2.24, 2.45) is 5.92 Å². The molecule has 1 amide bonds. The van der Waals surface area contributed by atoms with Gasteiger partial charge in [-0.15, -0.1) is 0 Å². The van der Waals surface area contributed by atoms with Crippen molar-refractivity contribution in [1.82, 2.24) is 10.3 Å². The zero-order chi connectivity index (χ0) is 23.9. The Morgan fingerprint density at radius 3 is 2.65 bits per heavy atom. The van der Waals surface area contributed by atoms with Gasteiger partial charge in [-0.3, -0.25) is 4.79 Å². The molecular weight excluding hydrogens is 448 g/mol. The molecule has 0 saturated carbocycles. The van der Waals surface area contributed by atoms with Crippen LogP contribution in [0.2, 0.25) is 5.02 Å². The van der Waals surface area contributed by atoms with Crippen molar-refractivity contribution < 1.29 is 9.53 Å². The molecule has 7 heteroatoms. The first kappa shape index (κ1) is 24.0. The highest BCUT2D eigenvalue weighted by Gasteiger charge is 2.30. The second-order valence-corrected chi connectivity index (χ2v) is 9.12. The van der Waals surface area contributed by atoms with Crippen LogP contribution in [0.3, 0.4) is 0 Å². The van der Waals surface area contributed by atoms with Gasteiger partial charge in [-0.1, -0.05) is 42.8 Å². The number of hydrogen-bond donors (Lipinski definition) is 3. The molecule has 178 valence electrons. The summed E-state index contributed by atoms with van der Waals surface area (Å²) in [6, 6.07) is 19.4. The maximum atomic E-state index is 13.2. The summed E-state index contributed by atoms with van der Waals surface area (Å²) in [6.45, 7) is 4.24. The third-order valence-corrected chi connectivity index (χ3v) is 6.74. The van der Waals surface area contributed by atoms with Crippen LogP contribution in [0.4, 0.5) is 11.5 Å². The molecule has 6 nitrogen and oxygen atoms in total. The number of nitrogens with one attached hydrogen (secondary N) is 3. The third-order valence-electron chi connectivity index (χ3n) is 6.51. The molecule has 1 aromatic heterocycles. The number of methoxy groups -OCH3 is 1. The lowest BCUT2D eigenvalue weighted by atomic mass is 9.80. The molecule has 0 radical (unpaired) electrons. The van der Waals surface area contributed by atoms with Gasteiger partial charge in [0, 0.05) is 23.8 Å². The predicted octanol–water partition coefficient (Wildman–Crippen LogP) is 5.58. The molecule has 0 bridgehead atoms. The van der Waals surface area contributed by atoms with E-state index in [1.807, 2.05) is 36.4 Å². The largest absolute Gasteiger partial charge is 0.497 e. The van der Waals surface area contributed by atoms with Crippen molar-refractivity contribution in [3.63, 3.8) is 0 Å². The van der Waals surface area contributed by atoms with Crippen LogP contribution in [0.15, 0.2) is 66.9 Å². The van der Waals surface area contributed by atoms with Crippen molar-refractivity contribution in [1.29, 1.82) is 0 Å². The Morgan fingerprint density at radius 1 is 1.12 bits per heavy atom. The number of rotatable bonds is 8. The van der Waals surface area contributed by atoms with Gasteiger partial charge in [0.25, 0.3) is 5.91 Å². The maximum absolute atomic E-state index is 13.2. The quantitative estimate of drug-likeness (QED) is 0.394. The number of amides is 1. The van der Waals surface area contributed by atoms with Crippen molar-refractivity contribution in [2.75, 3.05) is 30.8 Å². The molecule has 3 N–H and O–H groups in total. The van der Waals surface area contributed by atoms with Crippen molar-refractivity contribution >= 4 is 29.0 Å². The fraction of sp³-hybridized carbons (Fsp3) is 0.333. The van der Waals surface area contributed by atoms with Gasteiger partial charge in [-0.2, -0.15) is 0 Å². The van der Waals surface area contributed by atoms with Gasteiger partial charge < -0.3 is 20.7 Å². The van der Waals surface area contributed by atoms with Crippen LogP contribution in [0.25, 0.3) is 0 Å². The zero-order valence-electron chi connectivity index (χ0n) is 19.6. The van der Waals surface area contributed by atoms with Crippen molar-refractivity contribution in [3.05, 3.63) is 83.0 Å². The molecular formula is C27H31ClN4O2. The number of halogens is 1. The average molecular weight is 479 g/mol. The van der Waals surface area contributed by atoms with E-state index < -0.39 is 0 Å². The molecule has 3 aromatic rings. The summed E-state index contributed by atoms with van der Waals surface area (Å²) in [4.78, 5) is 17.3. The number of aromatic nitrogens is 1. The standard InChI is InChI=1S/C27H31ClN4O2/c1-18(20-6-5-7-22(16-20)34-2)26(19-12-14-29-15-13-19)31-24-9-4-3-8-23(24)27(33)32-25-11-10-21(28)17-30-25/h3-11,16-19,26,29,31H,12-15H2,1-2H3,(H,30,32,33). The second kappa shape index (κ2) is 11.4. The van der Waals surface area contributed by atoms with Gasteiger partial charge in [0.05, 0.1) is 17.7 Å². The van der Waals surface area contributed by atoms with Gasteiger partial charge >= 0.3 is 0 Å². The molecule has 2 aromatic carbocycles. The lowest BCUT2D eigenvalue weighted by Crippen LogP contribution is -2.41. The molecule has 1 aliphatic rings. The van der Waals surface area contributed by atoms with E-state index in [2.05, 4.69) is 40.0 Å². The number of piperidine rings is 1. The van der Waals surface area contributed by atoms with Crippen LogP contribution in [-0.4, -0.2) is 37.1 Å². The lowest BCUT2D eigenvalue weighted by Gasteiger charge is -2.36. The van der Waals surface area contributed by atoms with E-state index in [4.69, 9.17) is 16.3 Å². The van der Waals surface area contributed by atoms with E-state index in [0.29, 0.717) is 22.3 Å². The summed E-state index contributed by atoms with van der Waals surface area (Å²) in [6.07, 6.45) is 3.67. The van der Waals surface area contributed by atoms with Crippen LogP contribution >= 0.6 is 11.6 Å². The highest BCUT2D eigenvalue weighted by Crippen LogP contribution is 2.33. The summed E-state index contributed by atoms with van der Waals surface area (Å²) in [5.74, 6) is 1.78. The van der Waals surface area contributed by atoms with Gasteiger partial charge in [0.2, 0.25) is 0 Å². The van der Waals surface area contributed by atoms with Gasteiger partial charge in [0.1, 0.15) is 11.6 Å². The highest BCUT2D eigenvalue weighted by atomic mass is 35.5. The fourth-order valence-corrected chi connectivity index (χ4v) is 4.72. The number of anilines is 2. The van der Waals surface area contributed by atoms with Gasteiger partial charge in [-0.05, 0) is 73.8 Å². The second-order valence-electron chi connectivity index (χ2n) is 8.68. The Hall–Kier alpha value is -3.09. The van der Waals surface area contributed by atoms with Crippen molar-refractivity contribution in [2.45, 2.75) is 31.7 Å². The van der Waals surface area contributed by atoms with Crippen LogP contribution in [0, 0.1) is 5.92 Å². The number of nitrogens with zero attached hydrogens (tertiary/aromatic N) is 1. The predicted molar refractivity (Wildman–Crippen MR) is 138 cm³/mol. The number of benzene rings is 2. The van der Waals surface area contributed by atoms with Gasteiger partial charge in [0.15, 0.2) is 0 Å². The van der Waals surface area contributed by atoms with Crippen molar-refractivity contribution in [3.8, 4) is 5.75 Å². The van der Waals surface area contributed by atoms with Crippen LogP contribution in [0.5, 0.6) is 5.75 Å². The fourth-order valence-electron chi connectivity index (χ4n) is 4.61. The molecule has 2 heterocycles. The summed E-state index contributed by atoms with van der Waals surface area (Å²) < 4.78 is 5.47. The molecule has 4 rings (SSSR count). The van der Waals surface area contributed by atoms with Crippen LogP contribution in [0.1, 0.15) is 41.6 Å². The zero-order valence-corrected chi connectivity index (χ0v) is 20.3. The van der Waals surface area contributed by atoms with Crippen LogP contribution < -0.4 is 20.7 Å². The molecule has 0 spiro atoms. The molecule has 34 heavy (non-hydrogen) atoms. The Labute approximate surface area is 206 Å². The Kier molecular flexibility index (Phi) is 8.03. The topological polar surface area (TPSA) is 75.3 Å². The first-order valence-electron chi connectivity index (χ1n) is 11.7. The number of carbonyl (C=O) groups excluding carboxylic acids is 1. The smallest absolute Gasteiger partial charge is 0.258 e. The maximum Gasteiger partial charge on any atom is 0.258 e. The minimum absolute atomic E-state index is 0.150. The first-order chi connectivity index (χ1) is 16.5. The minimum atomic E-state index is -0.212. The Bertz CT molecular complexity index is 1100. The number of pyridine rings is 1. The van der Waals surface area contributed by atoms with Crippen LogP contribution in [-0.2, 0) is 0 Å². The number of carbonyl (C=O) groups is 1. The SMILES string of the molecule is COc1cccc(C(C)C(Nc2ccccc2C(=O)Nc2ccc(Cl)cn2)C2CCNCC2)c1. The minimum Gasteiger partial charge on any atom is -0.497 e. The molecule has 1 fully saturated rings. The van der Waals surface area contributed by atoms with E-state index in [1.165, 1.54) is 11.8 Å². The molecule has 0 aliphatic carbocycles. The third kappa shape index (κ3) is 5.88. The summed E-state index contributed by atoms with van der Waals surface area (Å²) in [5.41, 5.74) is 2.60. The lowest BCUT2D eigenvalue weighted by molar-refractivity contribution is 0.102. The van der Waals surface area contributed by atoms with E-state index in [9.17, 15) is 4.79 Å². The van der Waals surface area contributed by atoms with E-state index in [1.54, 1.807) is 19.2 Å². The van der Waals surface area contributed by atoms with E-state index in [0.717, 1.165) is 37.4 Å². The number of ether oxygens (including phenoxy) is 1. The molecule has 2 atom stereocenters. The summed E-state index contributed by atoms with van der Waals surface area (Å²) in [5, 5.41) is 10.6. The number of hydrogen-bond acceptors (Lipinski definition) is 5. The molecule has 1 aliphatic heterocycles. The highest BCUT2D eigenvalue weighted by molar-refractivity contribution is 6.30. The Balaban J connectivity index is 1.61.